The number of hydrogen-bond acceptors (Lipinski definition) is 9. The molecule has 0 radical (unpaired) electrons. The number of fused-ring (bicyclic) bond motifs is 3. The number of rotatable bonds is 5. The molecule has 0 spiro atoms. The summed E-state index contributed by atoms with van der Waals surface area (Å²) in [5.41, 5.74) is -0.356. The van der Waals surface area contributed by atoms with Gasteiger partial charge in [0.05, 0.1) is 30.9 Å². The van der Waals surface area contributed by atoms with Crippen molar-refractivity contribution in [1.82, 2.24) is 20.3 Å². The monoisotopic (exact) mass is 593 g/mol. The van der Waals surface area contributed by atoms with Crippen LogP contribution in [0.25, 0.3) is 10.9 Å². The Kier molecular flexibility index (Phi) is 6.41. The minimum Gasteiger partial charge on any atom is -0.489 e. The molecule has 1 saturated carbocycles. The number of aromatic nitrogens is 3. The summed E-state index contributed by atoms with van der Waals surface area (Å²) < 4.78 is 64.9. The molecular formula is C29H25F2N5O5S. The Bertz CT molecular complexity index is 1850. The van der Waals surface area contributed by atoms with Gasteiger partial charge in [-0.25, -0.2) is 27.2 Å². The first-order valence-corrected chi connectivity index (χ1v) is 15.1. The van der Waals surface area contributed by atoms with Crippen molar-refractivity contribution in [3.8, 4) is 11.5 Å². The molecule has 5 heterocycles. The molecule has 216 valence electrons. The van der Waals surface area contributed by atoms with Crippen molar-refractivity contribution >= 4 is 38.3 Å². The maximum Gasteiger partial charge on any atom is 0.251 e. The molecular weight excluding hydrogens is 568 g/mol. The Balaban J connectivity index is 1.12. The molecule has 1 N–H and O–H groups in total. The van der Waals surface area contributed by atoms with Crippen molar-refractivity contribution in [3.63, 3.8) is 0 Å². The van der Waals surface area contributed by atoms with Gasteiger partial charge in [0.2, 0.25) is 15.3 Å². The average molecular weight is 594 g/mol. The van der Waals surface area contributed by atoms with Gasteiger partial charge in [0.25, 0.3) is 5.91 Å². The number of amides is 1. The van der Waals surface area contributed by atoms with Gasteiger partial charge < -0.3 is 19.7 Å². The van der Waals surface area contributed by atoms with E-state index in [-0.39, 0.29) is 18.7 Å². The second kappa shape index (κ2) is 10.2. The summed E-state index contributed by atoms with van der Waals surface area (Å²) in [5.74, 6) is 0.250. The number of pyridine rings is 3. The standard InChI is InChI=1S/C29H25F2N5O5S/c30-20-11-18(12-24-27(20)41-9-7-25(31)42(24,38)39)29(37)33-15-19-13-22-17(14-32-19)3-6-26(34-22)36-8-10-40-23-5-4-21(16-1-2-16)35-28(23)36/h3-6,11-14,16,25H,1-2,7-10,15H2,(H,33,37)/t25-/m1/s1. The lowest BCUT2D eigenvalue weighted by molar-refractivity contribution is 0.0949. The second-order valence-electron chi connectivity index (χ2n) is 10.4. The third-order valence-corrected chi connectivity index (χ3v) is 9.34. The van der Waals surface area contributed by atoms with E-state index in [4.69, 9.17) is 19.4 Å². The predicted molar refractivity (Wildman–Crippen MR) is 148 cm³/mol. The van der Waals surface area contributed by atoms with Crippen LogP contribution in [0.3, 0.4) is 0 Å². The van der Waals surface area contributed by atoms with Crippen molar-refractivity contribution in [2.24, 2.45) is 0 Å². The van der Waals surface area contributed by atoms with Gasteiger partial charge in [-0.1, -0.05) is 0 Å². The number of ether oxygens (including phenoxy) is 2. The summed E-state index contributed by atoms with van der Waals surface area (Å²) in [5, 5.41) is 3.41. The third kappa shape index (κ3) is 4.77. The van der Waals surface area contributed by atoms with E-state index in [0.29, 0.717) is 41.8 Å². The minimum absolute atomic E-state index is 0.0406. The number of anilines is 2. The van der Waals surface area contributed by atoms with Gasteiger partial charge in [-0.2, -0.15) is 0 Å². The fraction of sp³-hybridized carbons (Fsp3) is 0.310. The molecule has 42 heavy (non-hydrogen) atoms. The van der Waals surface area contributed by atoms with E-state index in [1.54, 1.807) is 12.3 Å². The predicted octanol–water partition coefficient (Wildman–Crippen LogP) is 4.35. The zero-order chi connectivity index (χ0) is 29.0. The van der Waals surface area contributed by atoms with Crippen LogP contribution in [0.15, 0.2) is 53.6 Å². The van der Waals surface area contributed by atoms with Crippen molar-refractivity contribution in [2.45, 2.75) is 42.1 Å². The largest absolute Gasteiger partial charge is 0.489 e. The molecule has 1 aromatic carbocycles. The molecule has 0 saturated heterocycles. The maximum atomic E-state index is 14.7. The summed E-state index contributed by atoms with van der Waals surface area (Å²) in [7, 11) is -4.51. The summed E-state index contributed by atoms with van der Waals surface area (Å²) in [6.45, 7) is 0.742. The highest BCUT2D eigenvalue weighted by Crippen LogP contribution is 2.43. The average Bonchev–Trinajstić information content (AvgIpc) is 3.85. The molecule has 3 aromatic heterocycles. The van der Waals surface area contributed by atoms with E-state index in [0.717, 1.165) is 41.9 Å². The normalized spacial score (nSPS) is 19.2. The molecule has 7 rings (SSSR count). The highest BCUT2D eigenvalue weighted by Gasteiger charge is 2.36. The fourth-order valence-electron chi connectivity index (χ4n) is 5.10. The Morgan fingerprint density at radius 1 is 1.05 bits per heavy atom. The lowest BCUT2D eigenvalue weighted by Gasteiger charge is -2.29. The van der Waals surface area contributed by atoms with E-state index in [1.165, 1.54) is 0 Å². The summed E-state index contributed by atoms with van der Waals surface area (Å²) >= 11 is 0. The van der Waals surface area contributed by atoms with Crippen molar-refractivity contribution in [2.75, 3.05) is 24.7 Å². The summed E-state index contributed by atoms with van der Waals surface area (Å²) in [6, 6.07) is 11.3. The van der Waals surface area contributed by atoms with Gasteiger partial charge in [-0.3, -0.25) is 9.78 Å². The van der Waals surface area contributed by atoms with Gasteiger partial charge in [0.15, 0.2) is 23.1 Å². The first-order chi connectivity index (χ1) is 20.3. The van der Waals surface area contributed by atoms with E-state index >= 15 is 0 Å². The molecule has 0 bridgehead atoms. The number of halogens is 2. The van der Waals surface area contributed by atoms with Gasteiger partial charge in [-0.15, -0.1) is 0 Å². The van der Waals surface area contributed by atoms with E-state index in [1.807, 2.05) is 29.2 Å². The Labute approximate surface area is 239 Å². The smallest absolute Gasteiger partial charge is 0.251 e. The minimum atomic E-state index is -4.51. The Hall–Kier alpha value is -4.39. The SMILES string of the molecule is O=C(NCc1cc2nc(N3CCOc4ccc(C5CC5)nc43)ccc2cn1)c1cc(F)c2c(c1)S(=O)(=O)[C@@H](F)CCO2. The van der Waals surface area contributed by atoms with Crippen LogP contribution in [-0.4, -0.2) is 54.5 Å². The number of benzene rings is 1. The number of sulfone groups is 1. The van der Waals surface area contributed by atoms with Crippen LogP contribution in [0, 0.1) is 5.82 Å². The van der Waals surface area contributed by atoms with Crippen LogP contribution in [0.1, 0.15) is 46.9 Å². The zero-order valence-corrected chi connectivity index (χ0v) is 23.0. The van der Waals surface area contributed by atoms with Gasteiger partial charge >= 0.3 is 0 Å². The van der Waals surface area contributed by atoms with Crippen molar-refractivity contribution < 1.29 is 31.5 Å². The third-order valence-electron chi connectivity index (χ3n) is 7.51. The van der Waals surface area contributed by atoms with Gasteiger partial charge in [0.1, 0.15) is 17.3 Å². The molecule has 10 nitrogen and oxygen atoms in total. The quantitative estimate of drug-likeness (QED) is 0.360. The molecule has 2 aliphatic heterocycles. The van der Waals surface area contributed by atoms with Gasteiger partial charge in [-0.05, 0) is 55.3 Å². The lowest BCUT2D eigenvalue weighted by Crippen LogP contribution is -2.30. The van der Waals surface area contributed by atoms with E-state index in [2.05, 4.69) is 10.3 Å². The highest BCUT2D eigenvalue weighted by atomic mass is 32.2. The number of alkyl halides is 1. The number of nitrogens with zero attached hydrogens (tertiary/aromatic N) is 4. The van der Waals surface area contributed by atoms with Crippen LogP contribution in [0.4, 0.5) is 20.4 Å². The number of hydrogen-bond donors (Lipinski definition) is 1. The molecule has 4 aromatic rings. The Morgan fingerprint density at radius 2 is 1.90 bits per heavy atom. The topological polar surface area (TPSA) is 124 Å². The van der Waals surface area contributed by atoms with Crippen molar-refractivity contribution in [3.05, 3.63) is 71.4 Å². The molecule has 1 amide bonds. The molecule has 1 aliphatic carbocycles. The van der Waals surface area contributed by atoms with Crippen LogP contribution < -0.4 is 19.7 Å². The fourth-order valence-corrected chi connectivity index (χ4v) is 6.49. The molecule has 1 atom stereocenters. The lowest BCUT2D eigenvalue weighted by atomic mass is 10.2. The molecule has 1 fully saturated rings. The highest BCUT2D eigenvalue weighted by molar-refractivity contribution is 7.92. The maximum absolute atomic E-state index is 14.7. The van der Waals surface area contributed by atoms with Crippen LogP contribution in [-0.2, 0) is 16.4 Å². The van der Waals surface area contributed by atoms with Gasteiger partial charge in [0, 0.05) is 35.2 Å². The van der Waals surface area contributed by atoms with Crippen LogP contribution in [0.2, 0.25) is 0 Å². The van der Waals surface area contributed by atoms with Crippen LogP contribution >= 0.6 is 0 Å². The number of carbonyl (C=O) groups excluding carboxylic acids is 1. The zero-order valence-electron chi connectivity index (χ0n) is 22.2. The molecule has 3 aliphatic rings. The van der Waals surface area contributed by atoms with E-state index in [9.17, 15) is 22.0 Å². The first kappa shape index (κ1) is 26.5. The van der Waals surface area contributed by atoms with Crippen molar-refractivity contribution in [1.29, 1.82) is 0 Å². The van der Waals surface area contributed by atoms with Crippen LogP contribution in [0.5, 0.6) is 11.5 Å². The summed E-state index contributed by atoms with van der Waals surface area (Å²) in [4.78, 5) is 28.3. The molecule has 13 heteroatoms. The second-order valence-corrected chi connectivity index (χ2v) is 12.5. The van der Waals surface area contributed by atoms with E-state index < -0.39 is 44.1 Å². The Morgan fingerprint density at radius 3 is 2.74 bits per heavy atom. The number of nitrogens with one attached hydrogen (secondary N) is 1. The molecule has 0 unspecified atom stereocenters. The summed E-state index contributed by atoms with van der Waals surface area (Å²) in [6.07, 6.45) is 3.48. The number of carbonyl (C=O) groups is 1. The first-order valence-electron chi connectivity index (χ1n) is 13.6.